The number of likely N-dealkylation sites (tertiary alicyclic amines) is 1. The van der Waals surface area contributed by atoms with Gasteiger partial charge in [-0.05, 0) is 37.8 Å². The van der Waals surface area contributed by atoms with Crippen molar-refractivity contribution < 1.29 is 9.84 Å². The molecule has 0 radical (unpaired) electrons. The number of halogens is 2. The Kier molecular flexibility index (Phi) is 4.95. The van der Waals surface area contributed by atoms with E-state index in [1.165, 1.54) is 12.8 Å². The van der Waals surface area contributed by atoms with E-state index in [-0.39, 0.29) is 12.2 Å². The SMILES string of the molecule is OC1CCN([C@H]2CCCC[C@@H]2Oc2c(Cl)cccc2Cl)C1. The number of aliphatic hydroxyl groups is 1. The lowest BCUT2D eigenvalue weighted by Gasteiger charge is -2.38. The largest absolute Gasteiger partial charge is 0.486 e. The molecule has 21 heavy (non-hydrogen) atoms. The molecule has 1 unspecified atom stereocenters. The molecule has 1 N–H and O–H groups in total. The molecule has 3 nitrogen and oxygen atoms in total. The zero-order chi connectivity index (χ0) is 14.8. The smallest absolute Gasteiger partial charge is 0.156 e. The molecule has 0 amide bonds. The van der Waals surface area contributed by atoms with Crippen LogP contribution in [0.2, 0.25) is 10.0 Å². The third-order valence-corrected chi connectivity index (χ3v) is 5.11. The van der Waals surface area contributed by atoms with Crippen molar-refractivity contribution in [2.24, 2.45) is 0 Å². The van der Waals surface area contributed by atoms with Gasteiger partial charge in [0.1, 0.15) is 6.10 Å². The topological polar surface area (TPSA) is 32.7 Å². The summed E-state index contributed by atoms with van der Waals surface area (Å²) in [5.74, 6) is 0.595. The third-order valence-electron chi connectivity index (χ3n) is 4.52. The first-order chi connectivity index (χ1) is 10.1. The number of hydrogen-bond acceptors (Lipinski definition) is 3. The number of hydrogen-bond donors (Lipinski definition) is 1. The molecular formula is C16H21Cl2NO2. The number of aliphatic hydroxyl groups excluding tert-OH is 1. The van der Waals surface area contributed by atoms with Crippen molar-refractivity contribution in [3.8, 4) is 5.75 Å². The molecule has 1 saturated carbocycles. The summed E-state index contributed by atoms with van der Waals surface area (Å²) < 4.78 is 6.19. The van der Waals surface area contributed by atoms with Crippen LogP contribution in [-0.4, -0.2) is 41.3 Å². The Hall–Kier alpha value is -0.480. The maximum absolute atomic E-state index is 9.77. The summed E-state index contributed by atoms with van der Waals surface area (Å²) in [5.41, 5.74) is 0. The third kappa shape index (κ3) is 3.48. The molecule has 0 bridgehead atoms. The first-order valence-electron chi connectivity index (χ1n) is 7.68. The van der Waals surface area contributed by atoms with Gasteiger partial charge in [-0.2, -0.15) is 0 Å². The van der Waals surface area contributed by atoms with Gasteiger partial charge in [0.2, 0.25) is 0 Å². The number of rotatable bonds is 3. The van der Waals surface area contributed by atoms with Gasteiger partial charge >= 0.3 is 0 Å². The van der Waals surface area contributed by atoms with Crippen LogP contribution in [0, 0.1) is 0 Å². The van der Waals surface area contributed by atoms with Gasteiger partial charge in [0.25, 0.3) is 0 Å². The highest BCUT2D eigenvalue weighted by molar-refractivity contribution is 6.37. The Bertz CT molecular complexity index is 477. The zero-order valence-electron chi connectivity index (χ0n) is 12.0. The molecule has 1 aromatic rings. The Morgan fingerprint density at radius 2 is 1.81 bits per heavy atom. The Morgan fingerprint density at radius 1 is 1.10 bits per heavy atom. The quantitative estimate of drug-likeness (QED) is 0.916. The molecule has 1 heterocycles. The van der Waals surface area contributed by atoms with Crippen molar-refractivity contribution in [2.75, 3.05) is 13.1 Å². The van der Waals surface area contributed by atoms with Crippen molar-refractivity contribution in [1.29, 1.82) is 0 Å². The predicted octanol–water partition coefficient (Wildman–Crippen LogP) is 3.75. The van der Waals surface area contributed by atoms with E-state index in [1.807, 2.05) is 6.07 Å². The van der Waals surface area contributed by atoms with Crippen molar-refractivity contribution in [1.82, 2.24) is 4.90 Å². The summed E-state index contributed by atoms with van der Waals surface area (Å²) in [6, 6.07) is 5.79. The summed E-state index contributed by atoms with van der Waals surface area (Å²) in [5, 5.41) is 10.9. The van der Waals surface area contributed by atoms with Crippen LogP contribution < -0.4 is 4.74 Å². The lowest BCUT2D eigenvalue weighted by atomic mass is 9.91. The normalized spacial score (nSPS) is 30.5. The second-order valence-electron chi connectivity index (χ2n) is 6.00. The molecule has 0 aromatic heterocycles. The van der Waals surface area contributed by atoms with Crippen LogP contribution in [-0.2, 0) is 0 Å². The summed E-state index contributed by atoms with van der Waals surface area (Å²) in [4.78, 5) is 2.36. The Labute approximate surface area is 135 Å². The highest BCUT2D eigenvalue weighted by atomic mass is 35.5. The second kappa shape index (κ2) is 6.74. The van der Waals surface area contributed by atoms with Crippen LogP contribution in [0.3, 0.4) is 0 Å². The summed E-state index contributed by atoms with van der Waals surface area (Å²) in [7, 11) is 0. The average Bonchev–Trinajstić information content (AvgIpc) is 2.90. The summed E-state index contributed by atoms with van der Waals surface area (Å²) >= 11 is 12.4. The number of β-amino-alcohol motifs (C(OH)–C–C–N with tert-alkyl or cyclic N) is 1. The van der Waals surface area contributed by atoms with Crippen molar-refractivity contribution >= 4 is 23.2 Å². The molecule has 3 atom stereocenters. The lowest BCUT2D eigenvalue weighted by molar-refractivity contribution is 0.0414. The second-order valence-corrected chi connectivity index (χ2v) is 6.81. The fourth-order valence-electron chi connectivity index (χ4n) is 3.45. The highest BCUT2D eigenvalue weighted by Crippen LogP contribution is 2.36. The van der Waals surface area contributed by atoms with E-state index in [2.05, 4.69) is 4.90 Å². The van der Waals surface area contributed by atoms with E-state index in [1.54, 1.807) is 12.1 Å². The van der Waals surface area contributed by atoms with E-state index in [0.29, 0.717) is 21.8 Å². The molecule has 116 valence electrons. The minimum atomic E-state index is -0.198. The van der Waals surface area contributed by atoms with Gasteiger partial charge in [0, 0.05) is 19.1 Å². The minimum Gasteiger partial charge on any atom is -0.486 e. The van der Waals surface area contributed by atoms with E-state index < -0.39 is 0 Å². The van der Waals surface area contributed by atoms with E-state index >= 15 is 0 Å². The molecular weight excluding hydrogens is 309 g/mol. The van der Waals surface area contributed by atoms with Gasteiger partial charge < -0.3 is 9.84 Å². The van der Waals surface area contributed by atoms with Crippen LogP contribution in [0.4, 0.5) is 0 Å². The maximum Gasteiger partial charge on any atom is 0.156 e. The zero-order valence-corrected chi connectivity index (χ0v) is 13.5. The minimum absolute atomic E-state index is 0.0986. The monoisotopic (exact) mass is 329 g/mol. The van der Waals surface area contributed by atoms with E-state index in [9.17, 15) is 5.11 Å². The Balaban J connectivity index is 1.75. The molecule has 2 aliphatic rings. The van der Waals surface area contributed by atoms with Gasteiger partial charge in [-0.25, -0.2) is 0 Å². The molecule has 2 fully saturated rings. The molecule has 5 heteroatoms. The average molecular weight is 330 g/mol. The van der Waals surface area contributed by atoms with Crippen molar-refractivity contribution in [3.63, 3.8) is 0 Å². The fraction of sp³-hybridized carbons (Fsp3) is 0.625. The van der Waals surface area contributed by atoms with Gasteiger partial charge in [0.15, 0.2) is 5.75 Å². The van der Waals surface area contributed by atoms with Crippen LogP contribution in [0.1, 0.15) is 32.1 Å². The predicted molar refractivity (Wildman–Crippen MR) is 85.3 cm³/mol. The molecule has 1 aromatic carbocycles. The summed E-state index contributed by atoms with van der Waals surface area (Å²) in [6.45, 7) is 1.70. The van der Waals surface area contributed by atoms with Crippen LogP contribution in [0.15, 0.2) is 18.2 Å². The number of nitrogens with zero attached hydrogens (tertiary/aromatic N) is 1. The highest BCUT2D eigenvalue weighted by Gasteiger charge is 2.35. The Morgan fingerprint density at radius 3 is 2.48 bits per heavy atom. The summed E-state index contributed by atoms with van der Waals surface area (Å²) in [6.07, 6.45) is 5.26. The van der Waals surface area contributed by atoms with Gasteiger partial charge in [-0.3, -0.25) is 4.90 Å². The van der Waals surface area contributed by atoms with E-state index in [0.717, 1.165) is 32.4 Å². The molecule has 0 spiro atoms. The first kappa shape index (κ1) is 15.4. The molecule has 1 aliphatic carbocycles. The van der Waals surface area contributed by atoms with Crippen LogP contribution in [0.25, 0.3) is 0 Å². The maximum atomic E-state index is 9.77. The van der Waals surface area contributed by atoms with Gasteiger partial charge in [-0.1, -0.05) is 35.7 Å². The van der Waals surface area contributed by atoms with Crippen molar-refractivity contribution in [3.05, 3.63) is 28.2 Å². The van der Waals surface area contributed by atoms with Crippen LogP contribution >= 0.6 is 23.2 Å². The number of benzene rings is 1. The van der Waals surface area contributed by atoms with Gasteiger partial charge in [-0.15, -0.1) is 0 Å². The lowest BCUT2D eigenvalue weighted by Crippen LogP contribution is -2.47. The first-order valence-corrected chi connectivity index (χ1v) is 8.43. The molecule has 1 aliphatic heterocycles. The molecule has 1 saturated heterocycles. The number of para-hydroxylation sites is 1. The fourth-order valence-corrected chi connectivity index (χ4v) is 3.93. The number of ether oxygens (including phenoxy) is 1. The van der Waals surface area contributed by atoms with Crippen molar-refractivity contribution in [2.45, 2.75) is 50.4 Å². The van der Waals surface area contributed by atoms with E-state index in [4.69, 9.17) is 27.9 Å². The standard InChI is InChI=1S/C16H21Cl2NO2/c17-12-4-3-5-13(18)16(12)21-15-7-2-1-6-14(15)19-9-8-11(20)10-19/h3-5,11,14-15,20H,1-2,6-10H2/t11?,14-,15-/m0/s1. The molecule has 3 rings (SSSR count). The van der Waals surface area contributed by atoms with Crippen LogP contribution in [0.5, 0.6) is 5.75 Å². The van der Waals surface area contributed by atoms with Gasteiger partial charge in [0.05, 0.1) is 16.1 Å².